The molecular formula is C17H18ClNO2S. The van der Waals surface area contributed by atoms with Crippen LogP contribution in [0.15, 0.2) is 42.5 Å². The van der Waals surface area contributed by atoms with E-state index in [4.69, 9.17) is 16.3 Å². The van der Waals surface area contributed by atoms with Crippen LogP contribution in [0.3, 0.4) is 0 Å². The molecule has 2 rings (SSSR count). The van der Waals surface area contributed by atoms with Gasteiger partial charge in [-0.3, -0.25) is 4.79 Å². The normalized spacial score (nSPS) is 10.3. The fraction of sp³-hybridized carbons (Fsp3) is 0.235. The van der Waals surface area contributed by atoms with Gasteiger partial charge in [0.25, 0.3) is 0 Å². The minimum Gasteiger partial charge on any atom is -0.495 e. The first kappa shape index (κ1) is 16.7. The molecule has 0 heterocycles. The topological polar surface area (TPSA) is 38.3 Å². The van der Waals surface area contributed by atoms with Gasteiger partial charge in [-0.2, -0.15) is 0 Å². The average Bonchev–Trinajstić information content (AvgIpc) is 2.49. The summed E-state index contributed by atoms with van der Waals surface area (Å²) < 4.78 is 5.25. The first-order valence-electron chi connectivity index (χ1n) is 6.85. The first-order valence-corrected chi connectivity index (χ1v) is 8.38. The highest BCUT2D eigenvalue weighted by Gasteiger charge is 2.08. The van der Waals surface area contributed by atoms with E-state index in [2.05, 4.69) is 5.32 Å². The predicted molar refractivity (Wildman–Crippen MR) is 94.0 cm³/mol. The summed E-state index contributed by atoms with van der Waals surface area (Å²) in [6, 6.07) is 13.4. The summed E-state index contributed by atoms with van der Waals surface area (Å²) in [5, 5.41) is 3.61. The van der Waals surface area contributed by atoms with Crippen molar-refractivity contribution in [3.05, 3.63) is 58.6 Å². The molecule has 0 fully saturated rings. The molecule has 2 aromatic carbocycles. The van der Waals surface area contributed by atoms with Gasteiger partial charge in [-0.25, -0.2) is 0 Å². The van der Waals surface area contributed by atoms with E-state index >= 15 is 0 Å². The summed E-state index contributed by atoms with van der Waals surface area (Å²) in [5.41, 5.74) is 2.93. The van der Waals surface area contributed by atoms with Crippen molar-refractivity contribution < 1.29 is 9.53 Å². The molecule has 0 saturated carbocycles. The lowest BCUT2D eigenvalue weighted by atomic mass is 10.2. The second kappa shape index (κ2) is 8.11. The number of amides is 1. The van der Waals surface area contributed by atoms with Gasteiger partial charge >= 0.3 is 0 Å². The van der Waals surface area contributed by atoms with Crippen LogP contribution >= 0.6 is 23.4 Å². The van der Waals surface area contributed by atoms with Crippen LogP contribution in [0.5, 0.6) is 5.75 Å². The van der Waals surface area contributed by atoms with Crippen LogP contribution in [-0.2, 0) is 10.5 Å². The van der Waals surface area contributed by atoms with Crippen molar-refractivity contribution in [2.24, 2.45) is 0 Å². The largest absolute Gasteiger partial charge is 0.495 e. The molecule has 0 unspecified atom stereocenters. The van der Waals surface area contributed by atoms with Gasteiger partial charge in [0.05, 0.1) is 18.6 Å². The average molecular weight is 336 g/mol. The number of halogens is 1. The molecule has 116 valence electrons. The van der Waals surface area contributed by atoms with Crippen LogP contribution in [0, 0.1) is 6.92 Å². The predicted octanol–water partition coefficient (Wildman–Crippen LogP) is 4.53. The molecule has 0 atom stereocenters. The Hall–Kier alpha value is -1.65. The van der Waals surface area contributed by atoms with Gasteiger partial charge in [0, 0.05) is 10.8 Å². The lowest BCUT2D eigenvalue weighted by molar-refractivity contribution is -0.113. The van der Waals surface area contributed by atoms with E-state index in [1.807, 2.05) is 49.4 Å². The number of hydrogen-bond acceptors (Lipinski definition) is 3. The van der Waals surface area contributed by atoms with Crippen molar-refractivity contribution in [1.29, 1.82) is 0 Å². The number of methoxy groups -OCH3 is 1. The zero-order valence-electron chi connectivity index (χ0n) is 12.6. The minimum absolute atomic E-state index is 0.0390. The van der Waals surface area contributed by atoms with Crippen molar-refractivity contribution in [2.75, 3.05) is 18.2 Å². The molecule has 1 amide bonds. The van der Waals surface area contributed by atoms with Crippen molar-refractivity contribution >= 4 is 35.0 Å². The molecule has 5 heteroatoms. The molecule has 0 aliphatic carbocycles. The highest BCUT2D eigenvalue weighted by Crippen LogP contribution is 2.25. The van der Waals surface area contributed by atoms with E-state index in [9.17, 15) is 4.79 Å². The van der Waals surface area contributed by atoms with Crippen molar-refractivity contribution in [3.63, 3.8) is 0 Å². The van der Waals surface area contributed by atoms with Gasteiger partial charge < -0.3 is 10.1 Å². The molecule has 0 aromatic heterocycles. The summed E-state index contributed by atoms with van der Waals surface area (Å²) in [4.78, 5) is 12.0. The number of rotatable bonds is 6. The maximum Gasteiger partial charge on any atom is 0.234 e. The Morgan fingerprint density at radius 1 is 1.23 bits per heavy atom. The Kier molecular flexibility index (Phi) is 6.16. The molecule has 1 N–H and O–H groups in total. The Morgan fingerprint density at radius 3 is 2.64 bits per heavy atom. The molecule has 0 bridgehead atoms. The highest BCUT2D eigenvalue weighted by molar-refractivity contribution is 7.99. The fourth-order valence-electron chi connectivity index (χ4n) is 1.95. The third-order valence-corrected chi connectivity index (χ3v) is 4.30. The maximum absolute atomic E-state index is 12.0. The number of carbonyl (C=O) groups is 1. The Labute approximate surface area is 140 Å². The number of thioether (sulfide) groups is 1. The maximum atomic E-state index is 12.0. The highest BCUT2D eigenvalue weighted by atomic mass is 35.5. The fourth-order valence-corrected chi connectivity index (χ4v) is 2.86. The first-order chi connectivity index (χ1) is 10.6. The van der Waals surface area contributed by atoms with E-state index in [0.717, 1.165) is 21.9 Å². The van der Waals surface area contributed by atoms with Crippen molar-refractivity contribution in [1.82, 2.24) is 0 Å². The summed E-state index contributed by atoms with van der Waals surface area (Å²) in [7, 11) is 1.59. The summed E-state index contributed by atoms with van der Waals surface area (Å²) in [6.07, 6.45) is 0. The van der Waals surface area contributed by atoms with E-state index in [1.165, 1.54) is 0 Å². The van der Waals surface area contributed by atoms with E-state index in [0.29, 0.717) is 17.2 Å². The number of carbonyl (C=O) groups excluding carboxylic acids is 1. The third kappa shape index (κ3) is 4.97. The lowest BCUT2D eigenvalue weighted by Crippen LogP contribution is -2.15. The lowest BCUT2D eigenvalue weighted by Gasteiger charge is -2.11. The van der Waals surface area contributed by atoms with Crippen LogP contribution in [-0.4, -0.2) is 18.8 Å². The molecular weight excluding hydrogens is 318 g/mol. The van der Waals surface area contributed by atoms with Crippen molar-refractivity contribution in [2.45, 2.75) is 12.7 Å². The smallest absolute Gasteiger partial charge is 0.234 e. The molecule has 0 radical (unpaired) electrons. The number of aryl methyl sites for hydroxylation is 1. The van der Waals surface area contributed by atoms with Crippen LogP contribution in [0.4, 0.5) is 5.69 Å². The monoisotopic (exact) mass is 335 g/mol. The molecule has 0 saturated heterocycles. The van der Waals surface area contributed by atoms with Gasteiger partial charge in [0.1, 0.15) is 5.75 Å². The molecule has 22 heavy (non-hydrogen) atoms. The number of benzene rings is 2. The number of anilines is 1. The van der Waals surface area contributed by atoms with Gasteiger partial charge in [0.15, 0.2) is 0 Å². The quantitative estimate of drug-likeness (QED) is 0.843. The van der Waals surface area contributed by atoms with Crippen LogP contribution in [0.1, 0.15) is 11.1 Å². The van der Waals surface area contributed by atoms with Gasteiger partial charge in [-0.1, -0.05) is 29.8 Å². The number of hydrogen-bond donors (Lipinski definition) is 1. The minimum atomic E-state index is -0.0390. The summed E-state index contributed by atoms with van der Waals surface area (Å²) >= 11 is 7.41. The Morgan fingerprint density at radius 2 is 1.95 bits per heavy atom. The van der Waals surface area contributed by atoms with Crippen molar-refractivity contribution in [3.8, 4) is 5.75 Å². The van der Waals surface area contributed by atoms with Crippen LogP contribution in [0.25, 0.3) is 0 Å². The van der Waals surface area contributed by atoms with Crippen LogP contribution in [0.2, 0.25) is 5.02 Å². The second-order valence-corrected chi connectivity index (χ2v) is 6.29. The standard InChI is InChI=1S/C17H18ClNO2S/c1-12-3-8-16(21-2)15(9-12)19-17(20)11-22-10-13-4-6-14(18)7-5-13/h3-9H,10-11H2,1-2H3,(H,19,20). The number of ether oxygens (including phenoxy) is 1. The van der Waals surface area contributed by atoms with E-state index in [1.54, 1.807) is 18.9 Å². The molecule has 0 spiro atoms. The van der Waals surface area contributed by atoms with Gasteiger partial charge in [0.2, 0.25) is 5.91 Å². The van der Waals surface area contributed by atoms with Gasteiger partial charge in [-0.05, 0) is 42.3 Å². The van der Waals surface area contributed by atoms with E-state index in [-0.39, 0.29) is 5.91 Å². The van der Waals surface area contributed by atoms with E-state index < -0.39 is 0 Å². The third-order valence-electron chi connectivity index (χ3n) is 3.04. The van der Waals surface area contributed by atoms with Gasteiger partial charge in [-0.15, -0.1) is 11.8 Å². The second-order valence-electron chi connectivity index (χ2n) is 4.87. The molecule has 3 nitrogen and oxygen atoms in total. The zero-order chi connectivity index (χ0) is 15.9. The number of nitrogens with one attached hydrogen (secondary N) is 1. The zero-order valence-corrected chi connectivity index (χ0v) is 14.1. The Bertz CT molecular complexity index is 644. The summed E-state index contributed by atoms with van der Waals surface area (Å²) in [6.45, 7) is 1.98. The molecule has 0 aliphatic heterocycles. The molecule has 0 aliphatic rings. The SMILES string of the molecule is COc1ccc(C)cc1NC(=O)CSCc1ccc(Cl)cc1. The molecule has 2 aromatic rings. The summed E-state index contributed by atoms with van der Waals surface area (Å²) in [5.74, 6) is 1.79. The van der Waals surface area contributed by atoms with Crippen LogP contribution < -0.4 is 10.1 Å². The Balaban J connectivity index is 1.85.